The summed E-state index contributed by atoms with van der Waals surface area (Å²) in [6.45, 7) is 12.3. The van der Waals surface area contributed by atoms with E-state index in [9.17, 15) is 58.9 Å². The Bertz CT molecular complexity index is 4820. The minimum atomic E-state index is -4.78. The van der Waals surface area contributed by atoms with E-state index in [-0.39, 0.29) is 137 Å². The average Bonchev–Trinajstić information content (AvgIpc) is 0.776. The molecule has 8 rings (SSSR count). The van der Waals surface area contributed by atoms with Crippen molar-refractivity contribution in [1.82, 2.24) is 30.0 Å². The molecule has 0 aliphatic carbocycles. The van der Waals surface area contributed by atoms with Gasteiger partial charge in [0, 0.05) is 39.3 Å². The first-order valence-electron chi connectivity index (χ1n) is 34.2. The molecule has 0 aliphatic rings. The fraction of sp³-hybridized carbons (Fsp3) is 0.351. The van der Waals surface area contributed by atoms with Crippen molar-refractivity contribution in [3.05, 3.63) is 239 Å². The molecule has 0 unspecified atom stereocenters. The third kappa shape index (κ3) is 21.7. The van der Waals surface area contributed by atoms with Gasteiger partial charge in [-0.3, -0.25) is 0 Å². The van der Waals surface area contributed by atoms with Gasteiger partial charge in [-0.2, -0.15) is 4.31 Å². The van der Waals surface area contributed by atoms with Gasteiger partial charge in [0.15, 0.2) is 0 Å². The van der Waals surface area contributed by atoms with Crippen molar-refractivity contribution >= 4 is 80.2 Å². The van der Waals surface area contributed by atoms with Crippen molar-refractivity contribution < 1.29 is 67.3 Å². The zero-order valence-electron chi connectivity index (χ0n) is 60.2. The van der Waals surface area contributed by atoms with E-state index in [0.717, 1.165) is 44.5 Å². The molecule has 0 heterocycles. The number of hydrogen-bond donors (Lipinski definition) is 1. The third-order valence-corrected chi connectivity index (χ3v) is 34.1. The normalized spacial score (nSPS) is 13.1. The quantitative estimate of drug-likeness (QED) is 0.0349. The molecule has 0 amide bonds. The average molecular weight is 1590 g/mol. The van der Waals surface area contributed by atoms with Gasteiger partial charge in [-0.25, -0.2) is 72.1 Å². The zero-order valence-corrected chi connectivity index (χ0v) is 66.7. The summed E-state index contributed by atoms with van der Waals surface area (Å²) in [5.41, 5.74) is 5.99. The molecule has 0 spiro atoms. The second-order valence-corrected chi connectivity index (χ2v) is 41.7. The molecule has 0 fully saturated rings. The number of nitrogens with one attached hydrogen (secondary N) is 1. The van der Waals surface area contributed by atoms with Crippen molar-refractivity contribution in [3.63, 3.8) is 0 Å². The van der Waals surface area contributed by atoms with Crippen LogP contribution in [-0.4, -0.2) is 171 Å². The molecule has 23 nitrogen and oxygen atoms in total. The summed E-state index contributed by atoms with van der Waals surface area (Å²) in [5, 5.41) is 0. The molecule has 0 radical (unpaired) electrons. The van der Waals surface area contributed by atoms with Crippen molar-refractivity contribution in [2.24, 2.45) is 0 Å². The third-order valence-electron chi connectivity index (χ3n) is 17.7. The van der Waals surface area contributed by atoms with Crippen molar-refractivity contribution in [3.8, 4) is 0 Å². The van der Waals surface area contributed by atoms with Gasteiger partial charge in [-0.15, -0.1) is 0 Å². The summed E-state index contributed by atoms with van der Waals surface area (Å²) in [5.74, 6) is 0. The Hall–Kier alpha value is -6.92. The standard InChI is InChI=1S/C74H93N7O16S8/c1-59-15-31-67(32-16-59)98(82,83)75-47-9-48-76(51-12-56-79(100(86,87)69-35-19-61(3)20-36-69)101(88,89)70-37-21-62(4)22-38-70)49-10-54-78(99(84,85)68-33-17-60(2)18-34-68)55-11-50-77(52-13-57-80(102(90,91)71-39-23-63(5)24-40-71)103(92,93)72-41-25-64(6)26-42-72)53-14-58-81(104(94,95)73-43-27-65(7)28-44-73)105(96,97)74-45-29-66(8)30-46-74/h15-46,75H,9-14,47-58H2,1-8H3. The number of rotatable bonds is 40. The van der Waals surface area contributed by atoms with Crippen LogP contribution in [0, 0.1) is 55.4 Å². The molecule has 0 aliphatic heterocycles. The van der Waals surface area contributed by atoms with E-state index in [1.165, 1.54) is 150 Å². The molecule has 0 aromatic heterocycles. The summed E-state index contributed by atoms with van der Waals surface area (Å²) >= 11 is 0. The van der Waals surface area contributed by atoms with Crippen molar-refractivity contribution in [2.45, 2.75) is 133 Å². The Morgan fingerprint density at radius 3 is 0.590 bits per heavy atom. The van der Waals surface area contributed by atoms with E-state index in [0.29, 0.717) is 11.1 Å². The molecular weight excluding hydrogens is 1500 g/mol. The van der Waals surface area contributed by atoms with E-state index in [2.05, 4.69) is 4.72 Å². The number of benzene rings is 8. The first-order valence-corrected chi connectivity index (χ1v) is 45.7. The van der Waals surface area contributed by atoms with E-state index in [4.69, 9.17) is 0 Å². The van der Waals surface area contributed by atoms with Crippen LogP contribution < -0.4 is 4.72 Å². The van der Waals surface area contributed by atoms with Crippen LogP contribution in [0.15, 0.2) is 233 Å². The number of hydrogen-bond acceptors (Lipinski definition) is 18. The highest BCUT2D eigenvalue weighted by molar-refractivity contribution is 8.05. The predicted octanol–water partition coefficient (Wildman–Crippen LogP) is 10.3. The largest absolute Gasteiger partial charge is 0.303 e. The lowest BCUT2D eigenvalue weighted by atomic mass is 10.2. The monoisotopic (exact) mass is 1590 g/mol. The van der Waals surface area contributed by atoms with Crippen LogP contribution >= 0.6 is 0 Å². The lowest BCUT2D eigenvalue weighted by Gasteiger charge is -2.29. The fourth-order valence-corrected chi connectivity index (χ4v) is 25.2. The van der Waals surface area contributed by atoms with Gasteiger partial charge in [-0.1, -0.05) is 153 Å². The first kappa shape index (κ1) is 83.7. The highest BCUT2D eigenvalue weighted by Gasteiger charge is 2.40. The Morgan fingerprint density at radius 2 is 0.381 bits per heavy atom. The molecular formula is C74H93N7O16S8. The second kappa shape index (κ2) is 35.9. The van der Waals surface area contributed by atoms with Crippen LogP contribution in [0.5, 0.6) is 0 Å². The summed E-state index contributed by atoms with van der Waals surface area (Å²) < 4.78 is 237. The lowest BCUT2D eigenvalue weighted by molar-refractivity contribution is 0.237. The molecule has 0 atom stereocenters. The van der Waals surface area contributed by atoms with Crippen LogP contribution in [0.1, 0.15) is 83.0 Å². The number of nitrogens with zero attached hydrogens (tertiary/aromatic N) is 6. The molecule has 0 bridgehead atoms. The first-order chi connectivity index (χ1) is 49.4. The van der Waals surface area contributed by atoms with Crippen LogP contribution in [0.25, 0.3) is 0 Å². The van der Waals surface area contributed by atoms with Crippen LogP contribution in [0.4, 0.5) is 0 Å². The Labute approximate surface area is 623 Å². The van der Waals surface area contributed by atoms with Crippen LogP contribution in [0.2, 0.25) is 0 Å². The SMILES string of the molecule is Cc1ccc(S(=O)(=O)NCCCN(CCCN(CCCN(CCCN(S(=O)(=O)c2ccc(C)cc2)S(=O)(=O)c2ccc(C)cc2)CCCN(S(=O)(=O)c2ccc(C)cc2)S(=O)(=O)c2ccc(C)cc2)S(=O)(=O)c2ccc(C)cc2)CCCN(S(=O)(=O)c2ccc(C)cc2)S(=O)(=O)c2ccc(C)cc2)cc1. The highest BCUT2D eigenvalue weighted by atomic mass is 32.3. The fourth-order valence-electron chi connectivity index (χ4n) is 11.5. The second-order valence-electron chi connectivity index (χ2n) is 26.1. The molecule has 8 aromatic carbocycles. The van der Waals surface area contributed by atoms with Gasteiger partial charge in [0.2, 0.25) is 20.0 Å². The molecule has 568 valence electrons. The van der Waals surface area contributed by atoms with E-state index in [1.54, 1.807) is 102 Å². The maximum Gasteiger partial charge on any atom is 0.256 e. The maximum absolute atomic E-state index is 15.0. The Morgan fingerprint density at radius 1 is 0.210 bits per heavy atom. The van der Waals surface area contributed by atoms with Gasteiger partial charge in [0.05, 0.1) is 39.2 Å². The summed E-state index contributed by atoms with van der Waals surface area (Å²) in [7, 11) is -36.8. The van der Waals surface area contributed by atoms with Gasteiger partial charge in [0.1, 0.15) is 0 Å². The van der Waals surface area contributed by atoms with Gasteiger partial charge >= 0.3 is 0 Å². The number of sulfonamides is 8. The molecule has 0 saturated heterocycles. The lowest BCUT2D eigenvalue weighted by Crippen LogP contribution is -2.41. The van der Waals surface area contributed by atoms with Gasteiger partial charge in [0.25, 0.3) is 60.1 Å². The zero-order chi connectivity index (χ0) is 76.8. The van der Waals surface area contributed by atoms with E-state index >= 15 is 8.42 Å². The predicted molar refractivity (Wildman–Crippen MR) is 407 cm³/mol. The molecule has 8 aromatic rings. The van der Waals surface area contributed by atoms with Crippen LogP contribution in [-0.2, 0) is 80.2 Å². The smallest absolute Gasteiger partial charge is 0.256 e. The molecule has 0 saturated carbocycles. The minimum absolute atomic E-state index is 0.0167. The summed E-state index contributed by atoms with van der Waals surface area (Å²) in [6, 6.07) is 46.9. The van der Waals surface area contributed by atoms with Gasteiger partial charge in [-0.05, 0) is 230 Å². The van der Waals surface area contributed by atoms with E-state index < -0.39 is 99.8 Å². The topological polar surface area (TPSA) is 305 Å². The molecule has 31 heteroatoms. The van der Waals surface area contributed by atoms with Crippen LogP contribution in [0.3, 0.4) is 0 Å². The number of aryl methyl sites for hydroxylation is 8. The van der Waals surface area contributed by atoms with Gasteiger partial charge < -0.3 is 9.80 Å². The van der Waals surface area contributed by atoms with Crippen molar-refractivity contribution in [2.75, 3.05) is 78.5 Å². The maximum atomic E-state index is 15.0. The summed E-state index contributed by atoms with van der Waals surface area (Å²) in [6.07, 6.45) is -0.000112. The van der Waals surface area contributed by atoms with E-state index in [1.807, 2.05) is 11.8 Å². The Balaban J connectivity index is 1.09. The Kier molecular flexibility index (Phi) is 28.6. The minimum Gasteiger partial charge on any atom is -0.303 e. The molecule has 1 N–H and O–H groups in total. The highest BCUT2D eigenvalue weighted by Crippen LogP contribution is 2.30. The van der Waals surface area contributed by atoms with Crippen molar-refractivity contribution in [1.29, 1.82) is 0 Å². The summed E-state index contributed by atoms with van der Waals surface area (Å²) in [4.78, 5) is 1.99. The molecule has 105 heavy (non-hydrogen) atoms.